The quantitative estimate of drug-likeness (QED) is 0.261. The van der Waals surface area contributed by atoms with Crippen molar-refractivity contribution in [3.05, 3.63) is 0 Å². The number of hydrogen-bond donors (Lipinski definition) is 4. The van der Waals surface area contributed by atoms with Gasteiger partial charge in [-0.25, -0.2) is 0 Å². The number of thiol groups is 1. The van der Waals surface area contributed by atoms with Crippen LogP contribution in [0.5, 0.6) is 0 Å². The molecule has 1 fully saturated rings. The Balaban J connectivity index is 2.72. The van der Waals surface area contributed by atoms with Gasteiger partial charge in [0.15, 0.2) is 5.78 Å². The van der Waals surface area contributed by atoms with Crippen LogP contribution in [-0.2, 0) is 24.0 Å². The number of ketones is 1. The first-order chi connectivity index (χ1) is 12.3. The average Bonchev–Trinajstić information content (AvgIpc) is 3.11. The number of aldehydes is 1. The van der Waals surface area contributed by atoms with Crippen LogP contribution in [-0.4, -0.2) is 78.7 Å². The van der Waals surface area contributed by atoms with Gasteiger partial charge in [0, 0.05) is 12.3 Å². The van der Waals surface area contributed by atoms with E-state index in [0.717, 1.165) is 0 Å². The highest BCUT2D eigenvalue weighted by molar-refractivity contribution is 7.80. The van der Waals surface area contributed by atoms with Gasteiger partial charge in [-0.05, 0) is 26.8 Å². The second kappa shape index (κ2) is 10.9. The molecule has 3 atom stereocenters. The molecule has 1 saturated heterocycles. The summed E-state index contributed by atoms with van der Waals surface area (Å²) in [6.45, 7) is 1.66. The number of Topliss-reactive ketones (excluding diaryl/α,β-unsaturated/α-hetero) is 1. The molecule has 0 saturated carbocycles. The predicted molar refractivity (Wildman–Crippen MR) is 97.7 cm³/mol. The average molecular weight is 386 g/mol. The minimum absolute atomic E-state index is 0.106. The van der Waals surface area contributed by atoms with Crippen molar-refractivity contribution >= 4 is 42.4 Å². The first kappa shape index (κ1) is 22.1. The Morgan fingerprint density at radius 1 is 1.27 bits per heavy atom. The van der Waals surface area contributed by atoms with E-state index >= 15 is 0 Å². The summed E-state index contributed by atoms with van der Waals surface area (Å²) in [5.41, 5.74) is 0. The van der Waals surface area contributed by atoms with Crippen LogP contribution in [0.3, 0.4) is 0 Å². The van der Waals surface area contributed by atoms with Crippen molar-refractivity contribution in [1.29, 1.82) is 0 Å². The second-order valence-corrected chi connectivity index (χ2v) is 6.43. The zero-order valence-corrected chi connectivity index (χ0v) is 15.9. The lowest BCUT2D eigenvalue weighted by atomic mass is 10.1. The largest absolute Gasteiger partial charge is 0.348 e. The summed E-state index contributed by atoms with van der Waals surface area (Å²) in [6.07, 6.45) is 1.59. The van der Waals surface area contributed by atoms with Gasteiger partial charge in [-0.15, -0.1) is 0 Å². The van der Waals surface area contributed by atoms with E-state index in [4.69, 9.17) is 0 Å². The summed E-state index contributed by atoms with van der Waals surface area (Å²) >= 11 is 4.02. The van der Waals surface area contributed by atoms with Crippen LogP contribution in [0.2, 0.25) is 0 Å². The number of likely N-dealkylation sites (N-methyl/N-ethyl adjacent to an activating group) is 1. The number of amides is 3. The smallest absolute Gasteiger partial charge is 0.243 e. The van der Waals surface area contributed by atoms with Crippen LogP contribution in [0.15, 0.2) is 0 Å². The summed E-state index contributed by atoms with van der Waals surface area (Å²) in [4.78, 5) is 60.2. The molecule has 9 nitrogen and oxygen atoms in total. The van der Waals surface area contributed by atoms with Crippen LogP contribution in [0.25, 0.3) is 0 Å². The minimum Gasteiger partial charge on any atom is -0.348 e. The molecule has 146 valence electrons. The molecule has 1 rings (SSSR count). The maximum atomic E-state index is 12.7. The fourth-order valence-corrected chi connectivity index (χ4v) is 3.14. The van der Waals surface area contributed by atoms with E-state index in [9.17, 15) is 24.0 Å². The Morgan fingerprint density at radius 3 is 2.50 bits per heavy atom. The van der Waals surface area contributed by atoms with E-state index < -0.39 is 24.0 Å². The van der Waals surface area contributed by atoms with E-state index in [2.05, 4.69) is 28.6 Å². The highest BCUT2D eigenvalue weighted by Gasteiger charge is 2.37. The lowest BCUT2D eigenvalue weighted by Gasteiger charge is -2.28. The number of likely N-dealkylation sites (tertiary alicyclic amines) is 1. The molecular formula is C16H26N4O5S. The molecule has 3 N–H and O–H groups in total. The van der Waals surface area contributed by atoms with E-state index in [1.165, 1.54) is 11.8 Å². The third-order valence-electron chi connectivity index (χ3n) is 4.24. The van der Waals surface area contributed by atoms with Gasteiger partial charge >= 0.3 is 0 Å². The molecule has 0 radical (unpaired) electrons. The molecule has 0 unspecified atom stereocenters. The molecule has 0 bridgehead atoms. The van der Waals surface area contributed by atoms with Gasteiger partial charge in [0.25, 0.3) is 0 Å². The van der Waals surface area contributed by atoms with Crippen LogP contribution in [0.4, 0.5) is 0 Å². The SMILES string of the molecule is CN[C@@H](CC(=O)N[C@@H](CS)C(C)=O)C(=O)N1CCC[C@H]1C(=O)NCC=O. The molecule has 26 heavy (non-hydrogen) atoms. The Bertz CT molecular complexity index is 557. The summed E-state index contributed by atoms with van der Waals surface area (Å²) < 4.78 is 0. The van der Waals surface area contributed by atoms with Crippen molar-refractivity contribution in [2.45, 2.75) is 44.3 Å². The Kier molecular flexibility index (Phi) is 9.28. The van der Waals surface area contributed by atoms with Crippen molar-refractivity contribution in [1.82, 2.24) is 20.9 Å². The molecule has 0 aromatic rings. The van der Waals surface area contributed by atoms with Crippen LogP contribution >= 0.6 is 12.6 Å². The molecule has 3 amide bonds. The third-order valence-corrected chi connectivity index (χ3v) is 4.61. The lowest BCUT2D eigenvalue weighted by Crippen LogP contribution is -2.53. The van der Waals surface area contributed by atoms with Crippen molar-refractivity contribution in [3.63, 3.8) is 0 Å². The maximum absolute atomic E-state index is 12.7. The topological polar surface area (TPSA) is 125 Å². The van der Waals surface area contributed by atoms with Gasteiger partial charge in [0.2, 0.25) is 17.7 Å². The molecule has 0 aliphatic carbocycles. The molecule has 0 aromatic heterocycles. The van der Waals surface area contributed by atoms with E-state index in [0.29, 0.717) is 25.7 Å². The van der Waals surface area contributed by atoms with E-state index in [-0.39, 0.29) is 36.3 Å². The summed E-state index contributed by atoms with van der Waals surface area (Å²) in [5.74, 6) is -1.24. The molecule has 0 aromatic carbocycles. The molecule has 10 heteroatoms. The number of nitrogens with one attached hydrogen (secondary N) is 3. The highest BCUT2D eigenvalue weighted by atomic mass is 32.1. The van der Waals surface area contributed by atoms with Gasteiger partial charge < -0.3 is 25.6 Å². The first-order valence-corrected chi connectivity index (χ1v) is 9.08. The van der Waals surface area contributed by atoms with Gasteiger partial charge in [-0.3, -0.25) is 19.2 Å². The zero-order valence-electron chi connectivity index (χ0n) is 15.0. The fraction of sp³-hybridized carbons (Fsp3) is 0.688. The maximum Gasteiger partial charge on any atom is 0.243 e. The van der Waals surface area contributed by atoms with Crippen molar-refractivity contribution in [2.24, 2.45) is 0 Å². The van der Waals surface area contributed by atoms with Crippen LogP contribution < -0.4 is 16.0 Å². The monoisotopic (exact) mass is 386 g/mol. The fourth-order valence-electron chi connectivity index (χ4n) is 2.79. The van der Waals surface area contributed by atoms with Crippen LogP contribution in [0.1, 0.15) is 26.2 Å². The normalized spacial score (nSPS) is 18.7. The standard InChI is InChI=1S/C16H26N4O5S/c1-10(22)12(9-26)19-14(23)8-11(17-2)16(25)20-6-3-4-13(20)15(24)18-5-7-21/h7,11-13,17,26H,3-6,8-9H2,1-2H3,(H,18,24)(H,19,23)/t11-,12-,13-/m0/s1. The number of nitrogens with zero attached hydrogens (tertiary/aromatic N) is 1. The summed E-state index contributed by atoms with van der Waals surface area (Å²) in [7, 11) is 1.55. The number of hydrogen-bond acceptors (Lipinski definition) is 7. The summed E-state index contributed by atoms with van der Waals surface area (Å²) in [5, 5.41) is 7.79. The second-order valence-electron chi connectivity index (χ2n) is 6.06. The molecular weight excluding hydrogens is 360 g/mol. The molecule has 1 heterocycles. The number of rotatable bonds is 10. The van der Waals surface area contributed by atoms with Crippen LogP contribution in [0, 0.1) is 0 Å². The predicted octanol–water partition coefficient (Wildman–Crippen LogP) is -1.73. The number of carbonyl (C=O) groups is 5. The first-order valence-electron chi connectivity index (χ1n) is 8.45. The molecule has 0 spiro atoms. The zero-order chi connectivity index (χ0) is 19.7. The number of carbonyl (C=O) groups excluding carboxylic acids is 5. The van der Waals surface area contributed by atoms with Gasteiger partial charge in [-0.1, -0.05) is 0 Å². The lowest BCUT2D eigenvalue weighted by molar-refractivity contribution is -0.141. The Hall–Kier alpha value is -1.94. The van der Waals surface area contributed by atoms with E-state index in [1.54, 1.807) is 7.05 Å². The van der Waals surface area contributed by atoms with Crippen molar-refractivity contribution < 1.29 is 24.0 Å². The molecule has 1 aliphatic heterocycles. The third kappa shape index (κ3) is 6.10. The highest BCUT2D eigenvalue weighted by Crippen LogP contribution is 2.19. The van der Waals surface area contributed by atoms with Crippen molar-refractivity contribution in [3.8, 4) is 0 Å². The Labute approximate surface area is 158 Å². The summed E-state index contributed by atoms with van der Waals surface area (Å²) in [6, 6.07) is -2.17. The minimum atomic E-state index is -0.818. The van der Waals surface area contributed by atoms with Gasteiger partial charge in [0.05, 0.1) is 25.0 Å². The van der Waals surface area contributed by atoms with Gasteiger partial charge in [-0.2, -0.15) is 12.6 Å². The Morgan fingerprint density at radius 2 is 1.96 bits per heavy atom. The van der Waals surface area contributed by atoms with E-state index in [1.807, 2.05) is 0 Å². The molecule has 1 aliphatic rings. The van der Waals surface area contributed by atoms with Crippen molar-refractivity contribution in [2.75, 3.05) is 25.9 Å². The van der Waals surface area contributed by atoms with Gasteiger partial charge in [0.1, 0.15) is 12.3 Å².